The third-order valence-electron chi connectivity index (χ3n) is 2.07. The Kier molecular flexibility index (Phi) is 2.83. The van der Waals surface area contributed by atoms with Gasteiger partial charge in [0.25, 0.3) is 5.56 Å². The number of aryl methyl sites for hydroxylation is 1. The standard InChI is InChI=1S/C8H14ClN3O/c1-4(2)6(10)7-5(9)8(13)12(3)11-7/h4,6,11H,10H2,1-3H3/t6-/m0/s1. The zero-order valence-corrected chi connectivity index (χ0v) is 8.72. The zero-order valence-electron chi connectivity index (χ0n) is 7.97. The van der Waals surface area contributed by atoms with E-state index in [9.17, 15) is 4.79 Å². The Morgan fingerprint density at radius 3 is 2.38 bits per heavy atom. The Morgan fingerprint density at radius 2 is 2.08 bits per heavy atom. The lowest BCUT2D eigenvalue weighted by atomic mass is 10.0. The van der Waals surface area contributed by atoms with Crippen LogP contribution in [0, 0.1) is 5.92 Å². The molecule has 1 aromatic rings. The van der Waals surface area contributed by atoms with Gasteiger partial charge in [0.15, 0.2) is 0 Å². The monoisotopic (exact) mass is 203 g/mol. The number of rotatable bonds is 2. The normalized spacial score (nSPS) is 13.7. The van der Waals surface area contributed by atoms with Crippen molar-refractivity contribution in [2.45, 2.75) is 19.9 Å². The summed E-state index contributed by atoms with van der Waals surface area (Å²) in [7, 11) is 1.62. The van der Waals surface area contributed by atoms with Crippen molar-refractivity contribution >= 4 is 11.6 Å². The van der Waals surface area contributed by atoms with E-state index in [0.717, 1.165) is 0 Å². The summed E-state index contributed by atoms with van der Waals surface area (Å²) in [4.78, 5) is 11.3. The molecule has 0 saturated carbocycles. The molecular weight excluding hydrogens is 190 g/mol. The van der Waals surface area contributed by atoms with E-state index in [1.165, 1.54) is 4.68 Å². The summed E-state index contributed by atoms with van der Waals surface area (Å²) in [5, 5.41) is 3.04. The third-order valence-corrected chi connectivity index (χ3v) is 2.43. The number of hydrogen-bond donors (Lipinski definition) is 2. The molecule has 0 spiro atoms. The lowest BCUT2D eigenvalue weighted by molar-refractivity contribution is 0.496. The van der Waals surface area contributed by atoms with E-state index in [1.54, 1.807) is 7.05 Å². The summed E-state index contributed by atoms with van der Waals surface area (Å²) < 4.78 is 1.33. The molecule has 0 unspecified atom stereocenters. The first-order chi connectivity index (χ1) is 5.95. The molecule has 0 aromatic carbocycles. The smallest absolute Gasteiger partial charge is 0.285 e. The van der Waals surface area contributed by atoms with Gasteiger partial charge in [-0.3, -0.25) is 14.6 Å². The number of nitrogens with one attached hydrogen (secondary N) is 1. The average molecular weight is 204 g/mol. The number of H-pyrrole nitrogens is 1. The molecule has 1 aromatic heterocycles. The summed E-state index contributed by atoms with van der Waals surface area (Å²) in [6.45, 7) is 3.96. The highest BCUT2D eigenvalue weighted by molar-refractivity contribution is 6.31. The van der Waals surface area contributed by atoms with E-state index >= 15 is 0 Å². The minimum Gasteiger partial charge on any atom is -0.322 e. The van der Waals surface area contributed by atoms with Gasteiger partial charge in [-0.05, 0) is 5.92 Å². The van der Waals surface area contributed by atoms with Crippen LogP contribution in [0.2, 0.25) is 5.02 Å². The van der Waals surface area contributed by atoms with E-state index in [4.69, 9.17) is 17.3 Å². The van der Waals surface area contributed by atoms with Crippen LogP contribution in [0.25, 0.3) is 0 Å². The summed E-state index contributed by atoms with van der Waals surface area (Å²) in [5.41, 5.74) is 6.24. The van der Waals surface area contributed by atoms with Crippen molar-refractivity contribution in [3.63, 3.8) is 0 Å². The van der Waals surface area contributed by atoms with Gasteiger partial charge in [-0.15, -0.1) is 0 Å². The molecular formula is C8H14ClN3O. The lowest BCUT2D eigenvalue weighted by Crippen LogP contribution is -2.17. The number of nitrogens with two attached hydrogens (primary N) is 1. The van der Waals surface area contributed by atoms with Crippen LogP contribution in [0.5, 0.6) is 0 Å². The van der Waals surface area contributed by atoms with Crippen LogP contribution in [0.1, 0.15) is 25.6 Å². The number of hydrogen-bond acceptors (Lipinski definition) is 2. The number of aromatic nitrogens is 2. The second-order valence-corrected chi connectivity index (χ2v) is 3.85. The SMILES string of the molecule is CC(C)[C@H](N)c1[nH]n(C)c(=O)c1Cl. The van der Waals surface area contributed by atoms with Crippen LogP contribution in [-0.2, 0) is 7.05 Å². The molecule has 1 atom stereocenters. The molecule has 74 valence electrons. The van der Waals surface area contributed by atoms with Crippen molar-refractivity contribution in [2.24, 2.45) is 18.7 Å². The number of aromatic amines is 1. The molecule has 4 nitrogen and oxygen atoms in total. The summed E-state index contributed by atoms with van der Waals surface area (Å²) in [6.07, 6.45) is 0. The van der Waals surface area contributed by atoms with Crippen molar-refractivity contribution in [1.29, 1.82) is 0 Å². The Bertz CT molecular complexity index is 353. The molecule has 0 radical (unpaired) electrons. The van der Waals surface area contributed by atoms with Gasteiger partial charge in [0, 0.05) is 7.05 Å². The predicted octanol–water partition coefficient (Wildman–Crippen LogP) is 1.02. The van der Waals surface area contributed by atoms with Crippen molar-refractivity contribution < 1.29 is 0 Å². The number of nitrogens with zero attached hydrogens (tertiary/aromatic N) is 1. The van der Waals surface area contributed by atoms with Gasteiger partial charge in [0.2, 0.25) is 0 Å². The molecule has 0 fully saturated rings. The first-order valence-corrected chi connectivity index (χ1v) is 4.53. The van der Waals surface area contributed by atoms with E-state index < -0.39 is 0 Å². The van der Waals surface area contributed by atoms with Gasteiger partial charge >= 0.3 is 0 Å². The summed E-state index contributed by atoms with van der Waals surface area (Å²) in [5.74, 6) is 0.246. The highest BCUT2D eigenvalue weighted by Gasteiger charge is 2.18. The first-order valence-electron chi connectivity index (χ1n) is 4.15. The molecule has 1 heterocycles. The molecule has 0 aliphatic heterocycles. The van der Waals surface area contributed by atoms with Gasteiger partial charge in [0.1, 0.15) is 5.02 Å². The van der Waals surface area contributed by atoms with E-state index in [0.29, 0.717) is 5.69 Å². The molecule has 3 N–H and O–H groups in total. The summed E-state index contributed by atoms with van der Waals surface area (Å²) >= 11 is 5.81. The largest absolute Gasteiger partial charge is 0.322 e. The van der Waals surface area contributed by atoms with Gasteiger partial charge in [-0.2, -0.15) is 0 Å². The Morgan fingerprint density at radius 1 is 1.54 bits per heavy atom. The quantitative estimate of drug-likeness (QED) is 0.754. The van der Waals surface area contributed by atoms with Crippen LogP contribution in [0.4, 0.5) is 0 Å². The Labute approximate surface area is 81.7 Å². The minimum atomic E-state index is -0.229. The molecule has 0 bridgehead atoms. The van der Waals surface area contributed by atoms with Crippen LogP contribution in [0.3, 0.4) is 0 Å². The highest BCUT2D eigenvalue weighted by atomic mass is 35.5. The predicted molar refractivity (Wildman–Crippen MR) is 52.8 cm³/mol. The molecule has 0 aliphatic rings. The molecule has 0 saturated heterocycles. The van der Waals surface area contributed by atoms with Gasteiger partial charge in [0.05, 0.1) is 11.7 Å². The van der Waals surface area contributed by atoms with E-state index in [2.05, 4.69) is 5.10 Å². The van der Waals surface area contributed by atoms with Crippen molar-refractivity contribution in [2.75, 3.05) is 0 Å². The van der Waals surface area contributed by atoms with Gasteiger partial charge in [-0.1, -0.05) is 25.4 Å². The molecule has 1 rings (SSSR count). The fourth-order valence-electron chi connectivity index (χ4n) is 1.10. The molecule has 13 heavy (non-hydrogen) atoms. The lowest BCUT2D eigenvalue weighted by Gasteiger charge is -2.13. The second-order valence-electron chi connectivity index (χ2n) is 3.47. The van der Waals surface area contributed by atoms with Crippen molar-refractivity contribution in [3.05, 3.63) is 21.1 Å². The first kappa shape index (κ1) is 10.3. The maximum absolute atomic E-state index is 11.3. The van der Waals surface area contributed by atoms with Crippen LogP contribution < -0.4 is 11.3 Å². The van der Waals surface area contributed by atoms with Crippen molar-refractivity contribution in [3.8, 4) is 0 Å². The minimum absolute atomic E-state index is 0.198. The highest BCUT2D eigenvalue weighted by Crippen LogP contribution is 2.21. The van der Waals surface area contributed by atoms with Crippen LogP contribution in [0.15, 0.2) is 4.79 Å². The maximum Gasteiger partial charge on any atom is 0.285 e. The fourth-order valence-corrected chi connectivity index (χ4v) is 1.39. The summed E-state index contributed by atoms with van der Waals surface area (Å²) in [6, 6.07) is -0.221. The zero-order chi connectivity index (χ0) is 10.2. The molecule has 5 heteroatoms. The van der Waals surface area contributed by atoms with E-state index in [1.807, 2.05) is 13.8 Å². The Balaban J connectivity index is 3.16. The third kappa shape index (κ3) is 1.78. The molecule has 0 amide bonds. The maximum atomic E-state index is 11.3. The average Bonchev–Trinajstić information content (AvgIpc) is 2.31. The van der Waals surface area contributed by atoms with Crippen LogP contribution >= 0.6 is 11.6 Å². The van der Waals surface area contributed by atoms with Crippen molar-refractivity contribution in [1.82, 2.24) is 9.78 Å². The topological polar surface area (TPSA) is 63.8 Å². The van der Waals surface area contributed by atoms with E-state index in [-0.39, 0.29) is 22.5 Å². The molecule has 0 aliphatic carbocycles. The fraction of sp³-hybridized carbons (Fsp3) is 0.625. The Hall–Kier alpha value is -0.740. The number of halogens is 1. The van der Waals surface area contributed by atoms with Crippen LogP contribution in [-0.4, -0.2) is 9.78 Å². The van der Waals surface area contributed by atoms with Gasteiger partial charge < -0.3 is 5.73 Å². The second kappa shape index (κ2) is 3.55. The van der Waals surface area contributed by atoms with Gasteiger partial charge in [-0.25, -0.2) is 0 Å².